The lowest BCUT2D eigenvalue weighted by Crippen LogP contribution is -2.46. The van der Waals surface area contributed by atoms with E-state index >= 15 is 0 Å². The van der Waals surface area contributed by atoms with Crippen LogP contribution in [-0.4, -0.2) is 51.9 Å². The van der Waals surface area contributed by atoms with E-state index in [0.717, 1.165) is 43.1 Å². The standard InChI is InChI=1S/C23H26FN7O/c1-16-20(27-17(2)32)8-5-9-21(16)28-22-25-15-26-23(29-22)31-12-10-30(11-13-31)14-18-6-3-4-7-19(18)24/h3-9,15H,10-14H2,1-2H3,(H,27,32)(H,25,26,28,29). The second-order valence-electron chi connectivity index (χ2n) is 7.75. The normalized spacial score (nSPS) is 14.3. The van der Waals surface area contributed by atoms with Crippen LogP contribution >= 0.6 is 0 Å². The Kier molecular flexibility index (Phi) is 6.55. The number of carbonyl (C=O) groups is 1. The van der Waals surface area contributed by atoms with Crippen molar-refractivity contribution in [3.8, 4) is 0 Å². The van der Waals surface area contributed by atoms with Crippen molar-refractivity contribution < 1.29 is 9.18 Å². The van der Waals surface area contributed by atoms with E-state index in [1.165, 1.54) is 19.3 Å². The molecule has 1 fully saturated rings. The molecule has 0 saturated carbocycles. The van der Waals surface area contributed by atoms with Crippen LogP contribution in [0.25, 0.3) is 0 Å². The number of aromatic nitrogens is 3. The fourth-order valence-electron chi connectivity index (χ4n) is 3.69. The van der Waals surface area contributed by atoms with Crippen molar-refractivity contribution in [1.82, 2.24) is 19.9 Å². The Balaban J connectivity index is 1.40. The fraction of sp³-hybridized carbons (Fsp3) is 0.304. The zero-order chi connectivity index (χ0) is 22.5. The Bertz CT molecular complexity index is 1100. The maximum absolute atomic E-state index is 13.9. The second kappa shape index (κ2) is 9.69. The number of piperazine rings is 1. The molecule has 1 saturated heterocycles. The van der Waals surface area contributed by atoms with Gasteiger partial charge in [-0.1, -0.05) is 24.3 Å². The minimum Gasteiger partial charge on any atom is -0.338 e. The molecule has 0 unspecified atom stereocenters. The van der Waals surface area contributed by atoms with E-state index in [9.17, 15) is 9.18 Å². The molecule has 1 aliphatic heterocycles. The summed E-state index contributed by atoms with van der Waals surface area (Å²) in [5.74, 6) is 0.749. The molecule has 0 aliphatic carbocycles. The molecule has 166 valence electrons. The number of nitrogens with one attached hydrogen (secondary N) is 2. The first-order valence-corrected chi connectivity index (χ1v) is 10.5. The number of rotatable bonds is 6. The van der Waals surface area contributed by atoms with Crippen molar-refractivity contribution in [1.29, 1.82) is 0 Å². The first kappa shape index (κ1) is 21.6. The molecule has 0 bridgehead atoms. The van der Waals surface area contributed by atoms with E-state index in [1.54, 1.807) is 6.07 Å². The van der Waals surface area contributed by atoms with E-state index in [1.807, 2.05) is 37.3 Å². The average molecular weight is 436 g/mol. The van der Waals surface area contributed by atoms with E-state index < -0.39 is 0 Å². The number of hydrogen-bond acceptors (Lipinski definition) is 7. The highest BCUT2D eigenvalue weighted by Gasteiger charge is 2.20. The molecule has 8 nitrogen and oxygen atoms in total. The lowest BCUT2D eigenvalue weighted by atomic mass is 10.1. The van der Waals surface area contributed by atoms with Gasteiger partial charge >= 0.3 is 0 Å². The molecule has 4 rings (SSSR count). The molecule has 1 aliphatic rings. The van der Waals surface area contributed by atoms with Gasteiger partial charge in [0, 0.05) is 56.6 Å². The van der Waals surface area contributed by atoms with Crippen molar-refractivity contribution in [3.05, 3.63) is 65.7 Å². The summed E-state index contributed by atoms with van der Waals surface area (Å²) in [6.07, 6.45) is 1.49. The highest BCUT2D eigenvalue weighted by atomic mass is 19.1. The minimum atomic E-state index is -0.166. The highest BCUT2D eigenvalue weighted by Crippen LogP contribution is 2.25. The predicted octanol–water partition coefficient (Wildman–Crippen LogP) is 3.34. The summed E-state index contributed by atoms with van der Waals surface area (Å²) in [6, 6.07) is 12.5. The summed E-state index contributed by atoms with van der Waals surface area (Å²) < 4.78 is 13.9. The molecule has 0 atom stereocenters. The predicted molar refractivity (Wildman–Crippen MR) is 122 cm³/mol. The average Bonchev–Trinajstić information content (AvgIpc) is 2.78. The lowest BCUT2D eigenvalue weighted by molar-refractivity contribution is -0.114. The van der Waals surface area contributed by atoms with Gasteiger partial charge in [-0.25, -0.2) is 14.4 Å². The van der Waals surface area contributed by atoms with Crippen LogP contribution in [0.2, 0.25) is 0 Å². The molecule has 9 heteroatoms. The SMILES string of the molecule is CC(=O)Nc1cccc(Nc2ncnc(N3CCN(Cc4ccccc4F)CC3)n2)c1C. The summed E-state index contributed by atoms with van der Waals surface area (Å²) in [5.41, 5.74) is 3.15. The second-order valence-corrected chi connectivity index (χ2v) is 7.75. The largest absolute Gasteiger partial charge is 0.338 e. The molecule has 0 spiro atoms. The third-order valence-electron chi connectivity index (χ3n) is 5.46. The quantitative estimate of drug-likeness (QED) is 0.614. The molecule has 32 heavy (non-hydrogen) atoms. The fourth-order valence-corrected chi connectivity index (χ4v) is 3.69. The number of benzene rings is 2. The van der Waals surface area contributed by atoms with Crippen LogP contribution in [0, 0.1) is 12.7 Å². The molecule has 2 N–H and O–H groups in total. The van der Waals surface area contributed by atoms with Crippen LogP contribution in [0.4, 0.5) is 27.7 Å². The maximum Gasteiger partial charge on any atom is 0.232 e. The van der Waals surface area contributed by atoms with Gasteiger partial charge in [-0.05, 0) is 30.7 Å². The van der Waals surface area contributed by atoms with Gasteiger partial charge in [-0.2, -0.15) is 4.98 Å². The summed E-state index contributed by atoms with van der Waals surface area (Å²) in [7, 11) is 0. The Hall–Kier alpha value is -3.59. The van der Waals surface area contributed by atoms with E-state index in [-0.39, 0.29) is 11.7 Å². The zero-order valence-corrected chi connectivity index (χ0v) is 18.2. The number of nitrogens with zero attached hydrogens (tertiary/aromatic N) is 5. The Morgan fingerprint density at radius 2 is 1.78 bits per heavy atom. The van der Waals surface area contributed by atoms with Crippen molar-refractivity contribution in [2.75, 3.05) is 41.7 Å². The van der Waals surface area contributed by atoms with Crippen LogP contribution in [0.3, 0.4) is 0 Å². The molecular formula is C23H26FN7O. The van der Waals surface area contributed by atoms with Gasteiger partial charge in [0.2, 0.25) is 17.8 Å². The van der Waals surface area contributed by atoms with Crippen LogP contribution in [0.15, 0.2) is 48.8 Å². The monoisotopic (exact) mass is 435 g/mol. The van der Waals surface area contributed by atoms with Crippen molar-refractivity contribution in [3.63, 3.8) is 0 Å². The van der Waals surface area contributed by atoms with Gasteiger partial charge in [-0.15, -0.1) is 0 Å². The van der Waals surface area contributed by atoms with E-state index in [2.05, 4.69) is 35.4 Å². The van der Waals surface area contributed by atoms with Gasteiger partial charge < -0.3 is 15.5 Å². The first-order valence-electron chi connectivity index (χ1n) is 10.5. The molecule has 0 radical (unpaired) electrons. The summed E-state index contributed by atoms with van der Waals surface area (Å²) in [4.78, 5) is 28.9. The Morgan fingerprint density at radius 3 is 2.53 bits per heavy atom. The summed E-state index contributed by atoms with van der Waals surface area (Å²) >= 11 is 0. The topological polar surface area (TPSA) is 86.3 Å². The third kappa shape index (κ3) is 5.17. The van der Waals surface area contributed by atoms with Crippen LogP contribution in [0.5, 0.6) is 0 Å². The van der Waals surface area contributed by atoms with Crippen molar-refractivity contribution in [2.24, 2.45) is 0 Å². The minimum absolute atomic E-state index is 0.123. The number of amides is 1. The van der Waals surface area contributed by atoms with E-state index in [0.29, 0.717) is 24.0 Å². The van der Waals surface area contributed by atoms with Gasteiger partial charge in [0.15, 0.2) is 0 Å². The number of hydrogen-bond donors (Lipinski definition) is 2. The molecule has 1 amide bonds. The van der Waals surface area contributed by atoms with Crippen LogP contribution < -0.4 is 15.5 Å². The molecule has 1 aromatic heterocycles. The number of anilines is 4. The van der Waals surface area contributed by atoms with Crippen LogP contribution in [-0.2, 0) is 11.3 Å². The molecule has 3 aromatic rings. The van der Waals surface area contributed by atoms with Gasteiger partial charge in [-0.3, -0.25) is 9.69 Å². The maximum atomic E-state index is 13.9. The number of carbonyl (C=O) groups excluding carboxylic acids is 1. The number of halogens is 1. The molecule has 2 aromatic carbocycles. The van der Waals surface area contributed by atoms with E-state index in [4.69, 9.17) is 0 Å². The van der Waals surface area contributed by atoms with Crippen LogP contribution in [0.1, 0.15) is 18.1 Å². The highest BCUT2D eigenvalue weighted by molar-refractivity contribution is 5.90. The summed E-state index contributed by atoms with van der Waals surface area (Å²) in [5, 5.41) is 6.04. The van der Waals surface area contributed by atoms with Crippen molar-refractivity contribution >= 4 is 29.2 Å². The third-order valence-corrected chi connectivity index (χ3v) is 5.46. The lowest BCUT2D eigenvalue weighted by Gasteiger charge is -2.34. The van der Waals surface area contributed by atoms with Crippen molar-refractivity contribution in [2.45, 2.75) is 20.4 Å². The first-order chi connectivity index (χ1) is 15.5. The van der Waals surface area contributed by atoms with Gasteiger partial charge in [0.05, 0.1) is 0 Å². The van der Waals surface area contributed by atoms with Gasteiger partial charge in [0.1, 0.15) is 12.1 Å². The Labute approximate surface area is 186 Å². The Morgan fingerprint density at radius 1 is 1.03 bits per heavy atom. The smallest absolute Gasteiger partial charge is 0.232 e. The summed E-state index contributed by atoms with van der Waals surface area (Å²) in [6.45, 7) is 7.07. The molecular weight excluding hydrogens is 409 g/mol. The van der Waals surface area contributed by atoms with Gasteiger partial charge in [0.25, 0.3) is 0 Å². The molecule has 2 heterocycles. The zero-order valence-electron chi connectivity index (χ0n) is 18.2.